The van der Waals surface area contributed by atoms with Crippen LogP contribution in [-0.4, -0.2) is 22.5 Å². The van der Waals surface area contributed by atoms with Gasteiger partial charge in [0.2, 0.25) is 0 Å². The smallest absolute Gasteiger partial charge is 0.343 e. The molecule has 0 radical (unpaired) electrons. The quantitative estimate of drug-likeness (QED) is 0.0699. The zero-order valence-corrected chi connectivity index (χ0v) is 26.5. The number of carbonyl (C=O) groups is 1. The number of unbranched alkanes of at least 4 members (excludes halogenated alkanes) is 13. The van der Waals surface area contributed by atoms with Crippen molar-refractivity contribution in [2.45, 2.75) is 117 Å². The fourth-order valence-corrected chi connectivity index (χ4v) is 5.16. The van der Waals surface area contributed by atoms with E-state index in [1.54, 1.807) is 30.3 Å². The second-order valence-corrected chi connectivity index (χ2v) is 11.6. The van der Waals surface area contributed by atoms with Gasteiger partial charge in [0, 0.05) is 18.0 Å². The Kier molecular flexibility index (Phi) is 16.0. The standard InChI is InChI=1S/C36H49ClN2O3/c1-3-5-7-9-11-12-14-16-18-29-27-38-35(39-28-29)30-19-22-32(23-20-30)42-36(40)31-21-24-34(33(37)26-31)41-25-17-15-13-10-8-6-4-2/h19-24,26-28H,3-18,25H2,1-2H3. The Hall–Kier alpha value is -2.92. The van der Waals surface area contributed by atoms with E-state index in [9.17, 15) is 4.79 Å². The third-order valence-corrected chi connectivity index (χ3v) is 7.82. The van der Waals surface area contributed by atoms with Crippen LogP contribution in [0.5, 0.6) is 11.5 Å². The number of halogens is 1. The second kappa shape index (κ2) is 20.1. The number of carbonyl (C=O) groups excluding carboxylic acids is 1. The molecule has 0 saturated heterocycles. The van der Waals surface area contributed by atoms with Crippen molar-refractivity contribution in [3.8, 4) is 22.9 Å². The van der Waals surface area contributed by atoms with Crippen LogP contribution in [-0.2, 0) is 6.42 Å². The first-order valence-corrected chi connectivity index (χ1v) is 16.5. The van der Waals surface area contributed by atoms with E-state index < -0.39 is 5.97 Å². The first-order chi connectivity index (χ1) is 20.6. The maximum atomic E-state index is 12.7. The maximum absolute atomic E-state index is 12.7. The predicted molar refractivity (Wildman–Crippen MR) is 174 cm³/mol. The Balaban J connectivity index is 1.39. The number of nitrogens with zero attached hydrogens (tertiary/aromatic N) is 2. The van der Waals surface area contributed by atoms with Crippen LogP contribution in [0, 0.1) is 0 Å². The van der Waals surface area contributed by atoms with Crippen LogP contribution in [0.3, 0.4) is 0 Å². The van der Waals surface area contributed by atoms with Crippen LogP contribution in [0.25, 0.3) is 11.4 Å². The highest BCUT2D eigenvalue weighted by molar-refractivity contribution is 6.32. The van der Waals surface area contributed by atoms with Gasteiger partial charge in [-0.15, -0.1) is 0 Å². The summed E-state index contributed by atoms with van der Waals surface area (Å²) in [5, 5.41) is 0.408. The Morgan fingerprint density at radius 3 is 1.88 bits per heavy atom. The van der Waals surface area contributed by atoms with Crippen LogP contribution in [0.2, 0.25) is 5.02 Å². The Morgan fingerprint density at radius 1 is 0.714 bits per heavy atom. The lowest BCUT2D eigenvalue weighted by Crippen LogP contribution is -2.08. The van der Waals surface area contributed by atoms with Crippen molar-refractivity contribution in [3.63, 3.8) is 0 Å². The molecular formula is C36H49ClN2O3. The first kappa shape index (κ1) is 33.6. The number of benzene rings is 2. The van der Waals surface area contributed by atoms with Crippen LogP contribution < -0.4 is 9.47 Å². The van der Waals surface area contributed by atoms with Gasteiger partial charge < -0.3 is 9.47 Å². The molecule has 1 aromatic heterocycles. The molecule has 0 spiro atoms. The van der Waals surface area contributed by atoms with Gasteiger partial charge in [-0.2, -0.15) is 0 Å². The van der Waals surface area contributed by atoms with Crippen molar-refractivity contribution in [3.05, 3.63) is 71.0 Å². The molecule has 3 rings (SSSR count). The highest BCUT2D eigenvalue weighted by Gasteiger charge is 2.13. The molecule has 1 heterocycles. The molecule has 0 bridgehead atoms. The summed E-state index contributed by atoms with van der Waals surface area (Å²) in [6.07, 6.45) is 23.9. The molecule has 0 saturated carbocycles. The molecule has 0 aliphatic rings. The van der Waals surface area contributed by atoms with E-state index in [1.807, 2.05) is 24.5 Å². The van der Waals surface area contributed by atoms with Crippen molar-refractivity contribution < 1.29 is 14.3 Å². The number of aromatic nitrogens is 2. The summed E-state index contributed by atoms with van der Waals surface area (Å²) in [7, 11) is 0. The van der Waals surface area contributed by atoms with Crippen LogP contribution in [0.1, 0.15) is 126 Å². The maximum Gasteiger partial charge on any atom is 0.343 e. The van der Waals surface area contributed by atoms with Gasteiger partial charge >= 0.3 is 5.97 Å². The van der Waals surface area contributed by atoms with Gasteiger partial charge in [0.25, 0.3) is 0 Å². The zero-order chi connectivity index (χ0) is 29.8. The molecule has 0 aliphatic heterocycles. The van der Waals surface area contributed by atoms with Gasteiger partial charge in [0.1, 0.15) is 11.5 Å². The normalized spacial score (nSPS) is 11.0. The third kappa shape index (κ3) is 12.5. The highest BCUT2D eigenvalue weighted by Crippen LogP contribution is 2.27. The minimum absolute atomic E-state index is 0.378. The topological polar surface area (TPSA) is 61.3 Å². The monoisotopic (exact) mass is 592 g/mol. The van der Waals surface area contributed by atoms with Gasteiger partial charge in [0.15, 0.2) is 5.82 Å². The summed E-state index contributed by atoms with van der Waals surface area (Å²) >= 11 is 6.39. The number of hydrogen-bond acceptors (Lipinski definition) is 5. The molecule has 0 aliphatic carbocycles. The zero-order valence-electron chi connectivity index (χ0n) is 25.7. The van der Waals surface area contributed by atoms with Gasteiger partial charge in [-0.05, 0) is 67.3 Å². The molecule has 5 nitrogen and oxygen atoms in total. The summed E-state index contributed by atoms with van der Waals surface area (Å²) in [4.78, 5) is 21.8. The van der Waals surface area contributed by atoms with Crippen molar-refractivity contribution >= 4 is 17.6 Å². The van der Waals surface area contributed by atoms with E-state index in [-0.39, 0.29) is 0 Å². The molecular weight excluding hydrogens is 544 g/mol. The number of rotatable bonds is 21. The average Bonchev–Trinajstić information content (AvgIpc) is 3.01. The number of esters is 1. The molecule has 0 N–H and O–H groups in total. The van der Waals surface area contributed by atoms with Crippen molar-refractivity contribution in [2.75, 3.05) is 6.61 Å². The third-order valence-electron chi connectivity index (χ3n) is 7.52. The second-order valence-electron chi connectivity index (χ2n) is 11.2. The van der Waals surface area contributed by atoms with Crippen LogP contribution in [0.15, 0.2) is 54.9 Å². The summed E-state index contributed by atoms with van der Waals surface area (Å²) in [5.74, 6) is 1.23. The van der Waals surface area contributed by atoms with E-state index >= 15 is 0 Å². The Morgan fingerprint density at radius 2 is 1.29 bits per heavy atom. The summed E-state index contributed by atoms with van der Waals surface area (Å²) < 4.78 is 11.4. The molecule has 42 heavy (non-hydrogen) atoms. The van der Waals surface area contributed by atoms with Gasteiger partial charge in [-0.1, -0.05) is 109 Å². The van der Waals surface area contributed by atoms with E-state index in [4.69, 9.17) is 21.1 Å². The lowest BCUT2D eigenvalue weighted by atomic mass is 10.1. The lowest BCUT2D eigenvalue weighted by molar-refractivity contribution is 0.0734. The molecule has 3 aromatic rings. The summed E-state index contributed by atoms with van der Waals surface area (Å²) in [5.41, 5.74) is 2.42. The largest absolute Gasteiger partial charge is 0.492 e. The van der Waals surface area contributed by atoms with Crippen molar-refractivity contribution in [1.82, 2.24) is 9.97 Å². The minimum atomic E-state index is -0.468. The lowest BCUT2D eigenvalue weighted by Gasteiger charge is -2.10. The molecule has 228 valence electrons. The number of aryl methyl sites for hydroxylation is 1. The van der Waals surface area contributed by atoms with E-state index in [2.05, 4.69) is 23.8 Å². The first-order valence-electron chi connectivity index (χ1n) is 16.2. The fourth-order valence-electron chi connectivity index (χ4n) is 4.92. The Labute approximate surface area is 258 Å². The Bertz CT molecular complexity index is 1170. The SMILES string of the molecule is CCCCCCCCCCc1cnc(-c2ccc(OC(=O)c3ccc(OCCCCCCCCC)c(Cl)c3)cc2)nc1. The van der Waals surface area contributed by atoms with E-state index in [1.165, 1.54) is 89.0 Å². The van der Waals surface area contributed by atoms with Crippen molar-refractivity contribution in [1.29, 1.82) is 0 Å². The summed E-state index contributed by atoms with van der Waals surface area (Å²) in [6, 6.07) is 12.3. The predicted octanol–water partition coefficient (Wildman–Crippen LogP) is 10.8. The van der Waals surface area contributed by atoms with E-state index in [0.717, 1.165) is 24.8 Å². The average molecular weight is 593 g/mol. The number of hydrogen-bond donors (Lipinski definition) is 0. The molecule has 0 atom stereocenters. The van der Waals surface area contributed by atoms with Gasteiger partial charge in [-0.25, -0.2) is 14.8 Å². The van der Waals surface area contributed by atoms with E-state index in [0.29, 0.717) is 34.5 Å². The van der Waals surface area contributed by atoms with Gasteiger partial charge in [-0.3, -0.25) is 0 Å². The van der Waals surface area contributed by atoms with Crippen LogP contribution >= 0.6 is 11.6 Å². The summed E-state index contributed by atoms with van der Waals surface area (Å²) in [6.45, 7) is 5.11. The molecule has 2 aromatic carbocycles. The molecule has 0 fully saturated rings. The van der Waals surface area contributed by atoms with Crippen molar-refractivity contribution in [2.24, 2.45) is 0 Å². The minimum Gasteiger partial charge on any atom is -0.492 e. The van der Waals surface area contributed by atoms with Gasteiger partial charge in [0.05, 0.1) is 17.2 Å². The highest BCUT2D eigenvalue weighted by atomic mass is 35.5. The number of ether oxygens (including phenoxy) is 2. The fraction of sp³-hybridized carbons (Fsp3) is 0.528. The van der Waals surface area contributed by atoms with Crippen LogP contribution in [0.4, 0.5) is 0 Å². The molecule has 0 amide bonds. The molecule has 6 heteroatoms. The molecule has 0 unspecified atom stereocenters.